The zero-order valence-electron chi connectivity index (χ0n) is 13.1. The average Bonchev–Trinajstić information content (AvgIpc) is 3.00. The topological polar surface area (TPSA) is 64.6 Å². The number of ketones is 1. The molecule has 1 amide bonds. The van der Waals surface area contributed by atoms with Gasteiger partial charge in [0.2, 0.25) is 12.7 Å². The monoisotopic (exact) mass is 397 g/mol. The Morgan fingerprint density at radius 3 is 2.44 bits per heavy atom. The molecule has 1 aliphatic heterocycles. The van der Waals surface area contributed by atoms with Gasteiger partial charge in [0.15, 0.2) is 17.3 Å². The number of benzene rings is 2. The molecular weight excluding hydrogens is 385 g/mol. The Bertz CT molecular complexity index is 837. The second-order valence-electron chi connectivity index (χ2n) is 5.19. The number of anilines is 1. The molecule has 0 aromatic heterocycles. The van der Waals surface area contributed by atoms with E-state index in [1.54, 1.807) is 30.3 Å². The first kappa shape index (κ1) is 17.9. The number of carbonyl (C=O) groups is 2. The number of hydrogen-bond acceptors (Lipinski definition) is 5. The molecule has 0 fully saturated rings. The van der Waals surface area contributed by atoms with Crippen molar-refractivity contribution >= 4 is 52.3 Å². The highest BCUT2D eigenvalue weighted by molar-refractivity contribution is 8.00. The zero-order chi connectivity index (χ0) is 18.0. The summed E-state index contributed by atoms with van der Waals surface area (Å²) >= 11 is 13.4. The van der Waals surface area contributed by atoms with Gasteiger partial charge in [0.25, 0.3) is 0 Å². The van der Waals surface area contributed by atoms with E-state index in [2.05, 4.69) is 5.32 Å². The van der Waals surface area contributed by atoms with E-state index in [1.165, 1.54) is 18.7 Å². The van der Waals surface area contributed by atoms with Crippen LogP contribution in [-0.4, -0.2) is 24.2 Å². The van der Waals surface area contributed by atoms with E-state index >= 15 is 0 Å². The number of Topliss-reactive ketones (excluding diaryl/α,β-unsaturated/α-hetero) is 1. The average molecular weight is 398 g/mol. The predicted octanol–water partition coefficient (Wildman–Crippen LogP) is 4.66. The van der Waals surface area contributed by atoms with E-state index in [9.17, 15) is 9.59 Å². The highest BCUT2D eigenvalue weighted by atomic mass is 35.5. The van der Waals surface area contributed by atoms with E-state index in [0.29, 0.717) is 37.7 Å². The van der Waals surface area contributed by atoms with Gasteiger partial charge in [0.05, 0.1) is 21.5 Å². The molecule has 3 rings (SSSR count). The number of amides is 1. The highest BCUT2D eigenvalue weighted by Gasteiger charge is 2.20. The van der Waals surface area contributed by atoms with Crippen molar-refractivity contribution in [2.24, 2.45) is 0 Å². The Labute approximate surface area is 158 Å². The number of rotatable bonds is 5. The molecule has 5 nitrogen and oxygen atoms in total. The minimum atomic E-state index is -0.289. The highest BCUT2D eigenvalue weighted by Crippen LogP contribution is 2.38. The van der Waals surface area contributed by atoms with Gasteiger partial charge in [-0.05, 0) is 25.1 Å². The third kappa shape index (κ3) is 4.03. The molecule has 0 saturated carbocycles. The largest absolute Gasteiger partial charge is 0.454 e. The number of nitrogens with one attached hydrogen (secondary N) is 1. The van der Waals surface area contributed by atoms with Crippen molar-refractivity contribution in [2.75, 3.05) is 17.9 Å². The molecule has 2 aromatic rings. The number of thioether (sulfide) groups is 1. The second kappa shape index (κ2) is 7.56. The van der Waals surface area contributed by atoms with Crippen molar-refractivity contribution < 1.29 is 19.1 Å². The first-order valence-corrected chi connectivity index (χ1v) is 9.01. The van der Waals surface area contributed by atoms with Crippen LogP contribution in [0.4, 0.5) is 5.69 Å². The third-order valence-corrected chi connectivity index (χ3v) is 5.42. The van der Waals surface area contributed by atoms with Crippen molar-refractivity contribution in [3.05, 3.63) is 45.9 Å². The molecule has 25 heavy (non-hydrogen) atoms. The predicted molar refractivity (Wildman–Crippen MR) is 98.4 cm³/mol. The first-order valence-electron chi connectivity index (χ1n) is 7.27. The van der Waals surface area contributed by atoms with E-state index in [-0.39, 0.29) is 24.2 Å². The summed E-state index contributed by atoms with van der Waals surface area (Å²) in [5.41, 5.74) is 0.742. The van der Waals surface area contributed by atoms with E-state index in [4.69, 9.17) is 32.7 Å². The molecule has 1 aliphatic rings. The van der Waals surface area contributed by atoms with Crippen LogP contribution in [0.3, 0.4) is 0 Å². The Hall–Kier alpha value is -1.89. The SMILES string of the molecule is CC(=O)c1cc2c(cc1NC(=O)CSc1c(Cl)cccc1Cl)OCO2. The van der Waals surface area contributed by atoms with Crippen LogP contribution >= 0.6 is 35.0 Å². The summed E-state index contributed by atoms with van der Waals surface area (Å²) in [6.45, 7) is 1.51. The molecule has 130 valence electrons. The molecule has 0 aliphatic carbocycles. The minimum absolute atomic E-state index is 0.0882. The van der Waals surface area contributed by atoms with Crippen LogP contribution in [0.15, 0.2) is 35.2 Å². The van der Waals surface area contributed by atoms with Crippen molar-refractivity contribution in [1.82, 2.24) is 0 Å². The van der Waals surface area contributed by atoms with Gasteiger partial charge in [-0.1, -0.05) is 29.3 Å². The quantitative estimate of drug-likeness (QED) is 0.587. The molecule has 2 aromatic carbocycles. The van der Waals surface area contributed by atoms with Crippen molar-refractivity contribution in [3.8, 4) is 11.5 Å². The van der Waals surface area contributed by atoms with Crippen molar-refractivity contribution in [3.63, 3.8) is 0 Å². The van der Waals surface area contributed by atoms with E-state index < -0.39 is 0 Å². The Kier molecular flexibility index (Phi) is 5.42. The molecule has 0 radical (unpaired) electrons. The van der Waals surface area contributed by atoms with Crippen LogP contribution in [0.2, 0.25) is 10.0 Å². The van der Waals surface area contributed by atoms with Gasteiger partial charge >= 0.3 is 0 Å². The van der Waals surface area contributed by atoms with E-state index in [0.717, 1.165) is 0 Å². The number of halogens is 2. The fourth-order valence-corrected chi connectivity index (χ4v) is 3.77. The van der Waals surface area contributed by atoms with Crippen molar-refractivity contribution in [2.45, 2.75) is 11.8 Å². The summed E-state index contributed by atoms with van der Waals surface area (Å²) in [5.74, 6) is 0.593. The Morgan fingerprint density at radius 1 is 1.16 bits per heavy atom. The van der Waals surface area contributed by atoms with Gasteiger partial charge in [0, 0.05) is 16.5 Å². The molecule has 1 N–H and O–H groups in total. The molecule has 1 heterocycles. The number of ether oxygens (including phenoxy) is 2. The van der Waals surface area contributed by atoms with Gasteiger partial charge < -0.3 is 14.8 Å². The first-order chi connectivity index (χ1) is 12.0. The number of carbonyl (C=O) groups excluding carboxylic acids is 2. The van der Waals surface area contributed by atoms with Crippen LogP contribution in [0.25, 0.3) is 0 Å². The molecule has 8 heteroatoms. The van der Waals surface area contributed by atoms with E-state index in [1.807, 2.05) is 0 Å². The second-order valence-corrected chi connectivity index (χ2v) is 6.99. The maximum absolute atomic E-state index is 12.3. The van der Waals surface area contributed by atoms with Gasteiger partial charge in [-0.15, -0.1) is 11.8 Å². The molecule has 0 bridgehead atoms. The van der Waals surface area contributed by atoms with Crippen LogP contribution in [-0.2, 0) is 4.79 Å². The molecule has 0 spiro atoms. The van der Waals surface area contributed by atoms with Crippen molar-refractivity contribution in [1.29, 1.82) is 0 Å². The summed E-state index contributed by atoms with van der Waals surface area (Å²) in [4.78, 5) is 24.7. The maximum Gasteiger partial charge on any atom is 0.234 e. The van der Waals surface area contributed by atoms with Crippen LogP contribution in [0.5, 0.6) is 11.5 Å². The number of hydrogen-bond donors (Lipinski definition) is 1. The lowest BCUT2D eigenvalue weighted by Gasteiger charge is -2.11. The summed E-state index contributed by atoms with van der Waals surface area (Å²) in [6, 6.07) is 8.31. The standard InChI is InChI=1S/C17H13Cl2NO4S/c1-9(21)10-5-14-15(24-8-23-14)6-13(10)20-16(22)7-25-17-11(18)3-2-4-12(17)19/h2-6H,7-8H2,1H3,(H,20,22). The lowest BCUT2D eigenvalue weighted by Crippen LogP contribution is -2.16. The van der Waals surface area contributed by atoms with Gasteiger partial charge in [-0.25, -0.2) is 0 Å². The molecule has 0 atom stereocenters. The van der Waals surface area contributed by atoms with Crippen LogP contribution in [0, 0.1) is 0 Å². The maximum atomic E-state index is 12.3. The normalized spacial score (nSPS) is 12.1. The number of fused-ring (bicyclic) bond motifs is 1. The molecule has 0 saturated heterocycles. The minimum Gasteiger partial charge on any atom is -0.454 e. The summed E-state index contributed by atoms with van der Waals surface area (Å²) < 4.78 is 10.6. The lowest BCUT2D eigenvalue weighted by atomic mass is 10.1. The summed E-state index contributed by atoms with van der Waals surface area (Å²) in [7, 11) is 0. The van der Waals surface area contributed by atoms with Gasteiger partial charge in [0.1, 0.15) is 0 Å². The fourth-order valence-electron chi connectivity index (χ4n) is 2.28. The Morgan fingerprint density at radius 2 is 1.80 bits per heavy atom. The lowest BCUT2D eigenvalue weighted by molar-refractivity contribution is -0.113. The summed E-state index contributed by atoms with van der Waals surface area (Å²) in [6.07, 6.45) is 0. The third-order valence-electron chi connectivity index (χ3n) is 3.43. The molecule has 0 unspecified atom stereocenters. The zero-order valence-corrected chi connectivity index (χ0v) is 15.4. The fraction of sp³-hybridized carbons (Fsp3) is 0.176. The van der Waals surface area contributed by atoms with Gasteiger partial charge in [-0.3, -0.25) is 9.59 Å². The Balaban J connectivity index is 1.74. The smallest absolute Gasteiger partial charge is 0.234 e. The van der Waals surface area contributed by atoms with Crippen LogP contribution in [0.1, 0.15) is 17.3 Å². The van der Waals surface area contributed by atoms with Gasteiger partial charge in [-0.2, -0.15) is 0 Å². The van der Waals surface area contributed by atoms with Crippen LogP contribution < -0.4 is 14.8 Å². The summed E-state index contributed by atoms with van der Waals surface area (Å²) in [5, 5.41) is 3.70. The molecular formula is C17H13Cl2NO4S.